The van der Waals surface area contributed by atoms with Crippen molar-refractivity contribution in [1.29, 1.82) is 0 Å². The normalized spacial score (nSPS) is 8.22. The van der Waals surface area contributed by atoms with Crippen LogP contribution in [0.15, 0.2) is 0 Å². The average molecular weight is 171 g/mol. The third kappa shape index (κ3) is 63.7. The number of hydrogen-bond acceptors (Lipinski definition) is 1. The number of Topliss-reactive ketones (excluding diaryl/α,β-unsaturated/α-hetero) is 1. The minimum absolute atomic E-state index is 0.222. The van der Waals surface area contributed by atoms with Crippen molar-refractivity contribution < 1.29 is 4.79 Å². The van der Waals surface area contributed by atoms with Crippen molar-refractivity contribution in [3.05, 3.63) is 0 Å². The van der Waals surface area contributed by atoms with Gasteiger partial charge in [-0.05, 0) is 13.8 Å². The first-order chi connectivity index (χ1) is 4.00. The Morgan fingerprint density at radius 1 is 1.56 bits per heavy atom. The molecule has 0 spiro atoms. The summed E-state index contributed by atoms with van der Waals surface area (Å²) in [6, 6.07) is 0. The van der Waals surface area contributed by atoms with E-state index in [-0.39, 0.29) is 10.6 Å². The van der Waals surface area contributed by atoms with E-state index in [9.17, 15) is 4.79 Å². The molecule has 3 heteroatoms. The molecular weight excluding hydrogens is 159 g/mol. The molecule has 0 aromatic rings. The van der Waals surface area contributed by atoms with Crippen molar-refractivity contribution in [2.75, 3.05) is 0 Å². The zero-order valence-electron chi connectivity index (χ0n) is 5.95. The van der Waals surface area contributed by atoms with E-state index in [4.69, 9.17) is 23.2 Å². The van der Waals surface area contributed by atoms with Crippen LogP contribution >= 0.6 is 23.2 Å². The molecule has 0 saturated carbocycles. The van der Waals surface area contributed by atoms with Crippen LogP contribution in [0.25, 0.3) is 0 Å². The first-order valence-electron chi connectivity index (χ1n) is 2.78. The number of ketones is 1. The summed E-state index contributed by atoms with van der Waals surface area (Å²) in [5, 5.41) is 0. The molecule has 0 aromatic heterocycles. The van der Waals surface area contributed by atoms with Crippen LogP contribution in [0.5, 0.6) is 0 Å². The maximum atomic E-state index is 9.81. The quantitative estimate of drug-likeness (QED) is 0.554. The van der Waals surface area contributed by atoms with Crippen LogP contribution in [0.1, 0.15) is 27.2 Å². The molecule has 0 amide bonds. The molecule has 0 N–H and O–H groups in total. The lowest BCUT2D eigenvalue weighted by atomic mass is 10.4. The van der Waals surface area contributed by atoms with E-state index in [2.05, 4.69) is 0 Å². The monoisotopic (exact) mass is 170 g/mol. The van der Waals surface area contributed by atoms with Crippen LogP contribution in [0.3, 0.4) is 0 Å². The zero-order chi connectivity index (χ0) is 7.86. The van der Waals surface area contributed by atoms with Crippen molar-refractivity contribution >= 4 is 29.0 Å². The molecule has 0 rings (SSSR count). The summed E-state index contributed by atoms with van der Waals surface area (Å²) in [4.78, 5) is 9.59. The van der Waals surface area contributed by atoms with E-state index >= 15 is 0 Å². The van der Waals surface area contributed by atoms with Gasteiger partial charge in [-0.1, -0.05) is 6.92 Å². The van der Waals surface area contributed by atoms with Gasteiger partial charge in [-0.15, -0.1) is 23.2 Å². The van der Waals surface area contributed by atoms with Crippen molar-refractivity contribution in [2.24, 2.45) is 0 Å². The van der Waals surface area contributed by atoms with Crippen LogP contribution < -0.4 is 0 Å². The Kier molecular flexibility index (Phi) is 11.0. The Balaban J connectivity index is 0. The van der Waals surface area contributed by atoms with E-state index in [0.717, 1.165) is 0 Å². The fraction of sp³-hybridized carbons (Fsp3) is 0.833. The molecule has 0 aliphatic rings. The standard InChI is InChI=1S/C4H8O.C2H4Cl2/c1-3-4(2)5;1-2(3)4/h3H2,1-2H3;2H,1H3. The van der Waals surface area contributed by atoms with Crippen molar-refractivity contribution in [3.8, 4) is 0 Å². The topological polar surface area (TPSA) is 17.1 Å². The van der Waals surface area contributed by atoms with E-state index in [0.29, 0.717) is 6.42 Å². The third-order valence-corrected chi connectivity index (χ3v) is 0.498. The average Bonchev–Trinajstić information content (AvgIpc) is 1.65. The van der Waals surface area contributed by atoms with Gasteiger partial charge < -0.3 is 4.79 Å². The molecule has 0 aromatic carbocycles. The van der Waals surface area contributed by atoms with Crippen molar-refractivity contribution in [1.82, 2.24) is 0 Å². The van der Waals surface area contributed by atoms with Gasteiger partial charge >= 0.3 is 0 Å². The highest BCUT2D eigenvalue weighted by atomic mass is 35.5. The smallest absolute Gasteiger partial charge is 0.129 e. The lowest BCUT2D eigenvalue weighted by Gasteiger charge is -1.72. The Bertz CT molecular complexity index is 68.7. The van der Waals surface area contributed by atoms with Gasteiger partial charge in [-0.2, -0.15) is 0 Å². The highest BCUT2D eigenvalue weighted by Crippen LogP contribution is 1.95. The van der Waals surface area contributed by atoms with E-state index in [1.54, 1.807) is 13.8 Å². The molecule has 0 heterocycles. The van der Waals surface area contributed by atoms with Gasteiger partial charge in [0, 0.05) is 6.42 Å². The van der Waals surface area contributed by atoms with Gasteiger partial charge in [-0.25, -0.2) is 0 Å². The van der Waals surface area contributed by atoms with E-state index in [1.165, 1.54) is 0 Å². The van der Waals surface area contributed by atoms with E-state index in [1.807, 2.05) is 6.92 Å². The van der Waals surface area contributed by atoms with Crippen LogP contribution in [0.4, 0.5) is 0 Å². The summed E-state index contributed by atoms with van der Waals surface area (Å²) < 4.78 is 0. The Morgan fingerprint density at radius 2 is 1.67 bits per heavy atom. The van der Waals surface area contributed by atoms with Crippen molar-refractivity contribution in [2.45, 2.75) is 32.0 Å². The van der Waals surface area contributed by atoms with Crippen LogP contribution in [-0.2, 0) is 4.79 Å². The molecule has 9 heavy (non-hydrogen) atoms. The predicted molar refractivity (Wildman–Crippen MR) is 42.1 cm³/mol. The second-order valence-electron chi connectivity index (χ2n) is 1.57. The summed E-state index contributed by atoms with van der Waals surface area (Å²) in [7, 11) is 0. The highest BCUT2D eigenvalue weighted by molar-refractivity contribution is 6.43. The zero-order valence-corrected chi connectivity index (χ0v) is 7.46. The SMILES string of the molecule is CC(Cl)Cl.CCC(C)=O. The third-order valence-electron chi connectivity index (χ3n) is 0.498. The van der Waals surface area contributed by atoms with Crippen LogP contribution in [0, 0.1) is 0 Å². The van der Waals surface area contributed by atoms with Gasteiger partial charge in [0.05, 0.1) is 0 Å². The molecule has 0 bridgehead atoms. The number of rotatable bonds is 1. The van der Waals surface area contributed by atoms with Crippen LogP contribution in [0.2, 0.25) is 0 Å². The van der Waals surface area contributed by atoms with Crippen LogP contribution in [-0.4, -0.2) is 10.6 Å². The lowest BCUT2D eigenvalue weighted by Crippen LogP contribution is -1.80. The molecule has 56 valence electrons. The van der Waals surface area contributed by atoms with Gasteiger partial charge in [0.2, 0.25) is 0 Å². The second kappa shape index (κ2) is 8.25. The largest absolute Gasteiger partial charge is 0.300 e. The maximum Gasteiger partial charge on any atom is 0.129 e. The molecule has 0 saturated heterocycles. The van der Waals surface area contributed by atoms with Gasteiger partial charge in [0.1, 0.15) is 10.6 Å². The van der Waals surface area contributed by atoms with Gasteiger partial charge in [-0.3, -0.25) is 0 Å². The first kappa shape index (κ1) is 12.0. The lowest BCUT2D eigenvalue weighted by molar-refractivity contribution is -0.116. The molecule has 1 nitrogen and oxygen atoms in total. The number of alkyl halides is 2. The number of carbonyl (C=O) groups excluding carboxylic acids is 1. The Hall–Kier alpha value is 0.250. The Morgan fingerprint density at radius 3 is 1.67 bits per heavy atom. The van der Waals surface area contributed by atoms with Gasteiger partial charge in [0.15, 0.2) is 0 Å². The molecule has 0 aliphatic heterocycles. The van der Waals surface area contributed by atoms with E-state index < -0.39 is 0 Å². The second-order valence-corrected chi connectivity index (χ2v) is 3.11. The van der Waals surface area contributed by atoms with Crippen molar-refractivity contribution in [3.63, 3.8) is 0 Å². The Labute approximate surface area is 66.3 Å². The molecular formula is C6H12Cl2O. The predicted octanol–water partition coefficient (Wildman–Crippen LogP) is 2.80. The number of hydrogen-bond donors (Lipinski definition) is 0. The summed E-state index contributed by atoms with van der Waals surface area (Å²) in [6.07, 6.45) is 0.667. The van der Waals surface area contributed by atoms with Gasteiger partial charge in [0.25, 0.3) is 0 Å². The molecule has 0 atom stereocenters. The minimum atomic E-state index is -0.222. The fourth-order valence-corrected chi connectivity index (χ4v) is 0. The fourth-order valence-electron chi connectivity index (χ4n) is 0. The number of carbonyl (C=O) groups is 1. The first-order valence-corrected chi connectivity index (χ1v) is 3.65. The molecule has 0 unspecified atom stereocenters. The molecule has 0 fully saturated rings. The summed E-state index contributed by atoms with van der Waals surface area (Å²) in [5.41, 5.74) is 0. The summed E-state index contributed by atoms with van der Waals surface area (Å²) >= 11 is 10.1. The maximum absolute atomic E-state index is 9.81. The molecule has 0 aliphatic carbocycles. The highest BCUT2D eigenvalue weighted by Gasteiger charge is 1.77. The summed E-state index contributed by atoms with van der Waals surface area (Å²) in [6.45, 7) is 5.13. The number of halogens is 2. The summed E-state index contributed by atoms with van der Waals surface area (Å²) in [5.74, 6) is 0.255. The molecule has 0 radical (unpaired) electrons. The minimum Gasteiger partial charge on any atom is -0.300 e.